The summed E-state index contributed by atoms with van der Waals surface area (Å²) in [6.45, 7) is 0. The Kier molecular flexibility index (Phi) is 4.13. The van der Waals surface area contributed by atoms with E-state index in [2.05, 4.69) is 15.9 Å². The smallest absolute Gasteiger partial charge is 0.179 e. The van der Waals surface area contributed by atoms with Crippen molar-refractivity contribution >= 4 is 27.8 Å². The number of halogens is 1. The van der Waals surface area contributed by atoms with E-state index in [0.29, 0.717) is 0 Å². The van der Waals surface area contributed by atoms with Crippen LogP contribution in [0.1, 0.15) is 5.56 Å². The molecule has 0 fully saturated rings. The Morgan fingerprint density at radius 2 is 1.86 bits per heavy atom. The SMILES string of the molecule is O=C(/C=C/Br)/C=C/c1ccc(O)cc1. The van der Waals surface area contributed by atoms with Crippen LogP contribution in [0, 0.1) is 0 Å². The van der Waals surface area contributed by atoms with Gasteiger partial charge in [-0.1, -0.05) is 34.1 Å². The number of benzene rings is 1. The minimum Gasteiger partial charge on any atom is -0.508 e. The predicted octanol–water partition coefficient (Wildman–Crippen LogP) is 2.88. The van der Waals surface area contributed by atoms with Crippen molar-refractivity contribution in [3.8, 4) is 5.75 Å². The van der Waals surface area contributed by atoms with E-state index in [1.54, 1.807) is 30.3 Å². The van der Waals surface area contributed by atoms with Gasteiger partial charge in [0.15, 0.2) is 5.78 Å². The van der Waals surface area contributed by atoms with Crippen molar-refractivity contribution in [2.75, 3.05) is 0 Å². The molecule has 0 atom stereocenters. The van der Waals surface area contributed by atoms with E-state index >= 15 is 0 Å². The van der Waals surface area contributed by atoms with E-state index < -0.39 is 0 Å². The Labute approximate surface area is 90.7 Å². The molecule has 1 N–H and O–H groups in total. The summed E-state index contributed by atoms with van der Waals surface area (Å²) in [4.78, 5) is 12.5. The van der Waals surface area contributed by atoms with Gasteiger partial charge in [0.2, 0.25) is 0 Å². The molecule has 0 amide bonds. The van der Waals surface area contributed by atoms with Crippen molar-refractivity contribution in [2.45, 2.75) is 0 Å². The highest BCUT2D eigenvalue weighted by molar-refractivity contribution is 9.11. The minimum absolute atomic E-state index is 0.0880. The highest BCUT2D eigenvalue weighted by Crippen LogP contribution is 2.10. The van der Waals surface area contributed by atoms with Gasteiger partial charge in [-0.3, -0.25) is 4.79 Å². The molecule has 72 valence electrons. The number of phenolic OH excluding ortho intramolecular Hbond substituents is 1. The molecule has 0 aromatic heterocycles. The summed E-state index contributed by atoms with van der Waals surface area (Å²) < 4.78 is 0. The lowest BCUT2D eigenvalue weighted by molar-refractivity contribution is -0.110. The zero-order valence-electron chi connectivity index (χ0n) is 7.35. The van der Waals surface area contributed by atoms with Gasteiger partial charge in [0, 0.05) is 0 Å². The van der Waals surface area contributed by atoms with E-state index in [1.165, 1.54) is 17.1 Å². The molecule has 0 aliphatic heterocycles. The zero-order valence-corrected chi connectivity index (χ0v) is 8.94. The lowest BCUT2D eigenvalue weighted by atomic mass is 10.2. The van der Waals surface area contributed by atoms with Crippen LogP contribution in [-0.2, 0) is 4.79 Å². The summed E-state index contributed by atoms with van der Waals surface area (Å²) in [7, 11) is 0. The number of ketones is 1. The summed E-state index contributed by atoms with van der Waals surface area (Å²) in [5, 5.41) is 9.01. The fourth-order valence-electron chi connectivity index (χ4n) is 0.881. The standard InChI is InChI=1S/C11H9BrO2/c12-8-7-11(14)6-3-9-1-4-10(13)5-2-9/h1-8,13H/b6-3+,8-7+. The van der Waals surface area contributed by atoms with Crippen molar-refractivity contribution in [3.63, 3.8) is 0 Å². The second kappa shape index (κ2) is 5.40. The summed E-state index contributed by atoms with van der Waals surface area (Å²) >= 11 is 3.02. The molecular weight excluding hydrogens is 244 g/mol. The lowest BCUT2D eigenvalue weighted by Crippen LogP contribution is -1.83. The van der Waals surface area contributed by atoms with Crippen molar-refractivity contribution in [1.82, 2.24) is 0 Å². The number of rotatable bonds is 3. The maximum atomic E-state index is 11.0. The van der Waals surface area contributed by atoms with Crippen LogP contribution in [0.4, 0.5) is 0 Å². The lowest BCUT2D eigenvalue weighted by Gasteiger charge is -1.92. The van der Waals surface area contributed by atoms with Crippen LogP contribution in [0.25, 0.3) is 6.08 Å². The molecule has 3 heteroatoms. The molecule has 0 aliphatic rings. The third-order valence-corrected chi connectivity index (χ3v) is 1.82. The molecule has 0 radical (unpaired) electrons. The van der Waals surface area contributed by atoms with Gasteiger partial charge in [0.1, 0.15) is 5.75 Å². The van der Waals surface area contributed by atoms with Gasteiger partial charge < -0.3 is 5.11 Å². The first kappa shape index (κ1) is 10.7. The molecule has 0 saturated heterocycles. The van der Waals surface area contributed by atoms with Crippen LogP contribution in [0.3, 0.4) is 0 Å². The second-order valence-corrected chi connectivity index (χ2v) is 3.15. The van der Waals surface area contributed by atoms with Crippen molar-refractivity contribution in [2.24, 2.45) is 0 Å². The van der Waals surface area contributed by atoms with Gasteiger partial charge in [-0.05, 0) is 34.8 Å². The highest BCUT2D eigenvalue weighted by atomic mass is 79.9. The van der Waals surface area contributed by atoms with Crippen LogP contribution >= 0.6 is 15.9 Å². The second-order valence-electron chi connectivity index (χ2n) is 2.62. The van der Waals surface area contributed by atoms with Crippen molar-refractivity contribution < 1.29 is 9.90 Å². The quantitative estimate of drug-likeness (QED) is 0.841. The van der Waals surface area contributed by atoms with Crippen LogP contribution in [0.15, 0.2) is 41.4 Å². The average Bonchev–Trinajstić information content (AvgIpc) is 2.17. The molecule has 1 aromatic rings. The maximum Gasteiger partial charge on any atom is 0.179 e. The summed E-state index contributed by atoms with van der Waals surface area (Å²) in [6.07, 6.45) is 4.57. The first-order valence-corrected chi connectivity index (χ1v) is 4.92. The third-order valence-electron chi connectivity index (χ3n) is 1.56. The Morgan fingerprint density at radius 1 is 1.21 bits per heavy atom. The molecule has 0 spiro atoms. The third kappa shape index (κ3) is 3.58. The molecular formula is C11H9BrO2. The predicted molar refractivity (Wildman–Crippen MR) is 60.2 cm³/mol. The van der Waals surface area contributed by atoms with Gasteiger partial charge in [0.25, 0.3) is 0 Å². The molecule has 0 saturated carbocycles. The number of carbonyl (C=O) groups is 1. The summed E-state index contributed by atoms with van der Waals surface area (Å²) in [6, 6.07) is 6.61. The first-order chi connectivity index (χ1) is 6.72. The first-order valence-electron chi connectivity index (χ1n) is 4.00. The highest BCUT2D eigenvalue weighted by Gasteiger charge is 1.90. The summed E-state index contributed by atoms with van der Waals surface area (Å²) in [5.41, 5.74) is 0.874. The van der Waals surface area contributed by atoms with Crippen LogP contribution in [-0.4, -0.2) is 10.9 Å². The van der Waals surface area contributed by atoms with E-state index in [-0.39, 0.29) is 11.5 Å². The van der Waals surface area contributed by atoms with E-state index in [0.717, 1.165) is 5.56 Å². The minimum atomic E-state index is -0.0880. The Bertz CT molecular complexity index is 363. The van der Waals surface area contributed by atoms with Gasteiger partial charge >= 0.3 is 0 Å². The number of allylic oxidation sites excluding steroid dienone is 2. The topological polar surface area (TPSA) is 37.3 Å². The van der Waals surface area contributed by atoms with E-state index in [4.69, 9.17) is 5.11 Å². The van der Waals surface area contributed by atoms with Gasteiger partial charge in [-0.15, -0.1) is 0 Å². The fraction of sp³-hybridized carbons (Fsp3) is 0. The maximum absolute atomic E-state index is 11.0. The Balaban J connectivity index is 2.69. The molecule has 1 rings (SSSR count). The number of aromatic hydroxyl groups is 1. The fourth-order valence-corrected chi connectivity index (χ4v) is 1.14. The van der Waals surface area contributed by atoms with Gasteiger partial charge in [-0.25, -0.2) is 0 Å². The van der Waals surface area contributed by atoms with Crippen LogP contribution in [0.5, 0.6) is 5.75 Å². The number of phenols is 1. The molecule has 0 unspecified atom stereocenters. The van der Waals surface area contributed by atoms with E-state index in [9.17, 15) is 4.79 Å². The Morgan fingerprint density at radius 3 is 2.43 bits per heavy atom. The molecule has 0 aliphatic carbocycles. The zero-order chi connectivity index (χ0) is 10.4. The average molecular weight is 253 g/mol. The van der Waals surface area contributed by atoms with Crippen molar-refractivity contribution in [1.29, 1.82) is 0 Å². The Hall–Kier alpha value is -1.35. The molecule has 1 aromatic carbocycles. The molecule has 0 heterocycles. The monoisotopic (exact) mass is 252 g/mol. The van der Waals surface area contributed by atoms with E-state index in [1.807, 2.05) is 0 Å². The number of carbonyl (C=O) groups excluding carboxylic acids is 1. The normalized spacial score (nSPS) is 11.2. The number of hydrogen-bond donors (Lipinski definition) is 1. The summed E-state index contributed by atoms with van der Waals surface area (Å²) in [5.74, 6) is 0.129. The largest absolute Gasteiger partial charge is 0.508 e. The molecule has 14 heavy (non-hydrogen) atoms. The number of hydrogen-bond acceptors (Lipinski definition) is 2. The van der Waals surface area contributed by atoms with Gasteiger partial charge in [0.05, 0.1) is 0 Å². The van der Waals surface area contributed by atoms with Crippen LogP contribution < -0.4 is 0 Å². The van der Waals surface area contributed by atoms with Crippen molar-refractivity contribution in [3.05, 3.63) is 47.0 Å². The van der Waals surface area contributed by atoms with Gasteiger partial charge in [-0.2, -0.15) is 0 Å². The van der Waals surface area contributed by atoms with Crippen LogP contribution in [0.2, 0.25) is 0 Å². The molecule has 0 bridgehead atoms. The molecule has 2 nitrogen and oxygen atoms in total.